The van der Waals surface area contributed by atoms with Crippen LogP contribution in [0.3, 0.4) is 0 Å². The molecule has 0 heterocycles. The van der Waals surface area contributed by atoms with E-state index in [-0.39, 0.29) is 0 Å². The van der Waals surface area contributed by atoms with E-state index in [1.807, 2.05) is 0 Å². The molecule has 3 nitrogen and oxygen atoms in total. The van der Waals surface area contributed by atoms with Gasteiger partial charge in [-0.2, -0.15) is 0 Å². The van der Waals surface area contributed by atoms with Crippen molar-refractivity contribution in [3.05, 3.63) is 11.1 Å². The van der Waals surface area contributed by atoms with E-state index in [1.54, 1.807) is 0 Å². The summed E-state index contributed by atoms with van der Waals surface area (Å²) >= 11 is 0. The smallest absolute Gasteiger partial charge is 0.113 e. The van der Waals surface area contributed by atoms with Crippen LogP contribution in [0.4, 0.5) is 0 Å². The van der Waals surface area contributed by atoms with Gasteiger partial charge in [-0.15, -0.1) is 0 Å². The number of hydrogen-bond donors (Lipinski definition) is 3. The largest absolute Gasteiger partial charge is 0.387 e. The molecule has 3 atom stereocenters. The van der Waals surface area contributed by atoms with E-state index in [0.717, 1.165) is 30.4 Å². The average Bonchev–Trinajstić information content (AvgIpc) is 2.36. The SMILES string of the molecule is CCC(C)NC([Si])=C(NC(C)CC)NC(C)CC. The van der Waals surface area contributed by atoms with Crippen molar-refractivity contribution in [3.8, 4) is 0 Å². The van der Waals surface area contributed by atoms with E-state index in [1.165, 1.54) is 0 Å². The van der Waals surface area contributed by atoms with Gasteiger partial charge in [0.25, 0.3) is 0 Å². The van der Waals surface area contributed by atoms with Gasteiger partial charge < -0.3 is 16.0 Å². The van der Waals surface area contributed by atoms with Crippen LogP contribution in [-0.2, 0) is 0 Å². The molecule has 3 radical (unpaired) electrons. The second-order valence-electron chi connectivity index (χ2n) is 5.11. The predicted molar refractivity (Wildman–Crippen MR) is 81.4 cm³/mol. The standard InChI is InChI=1S/C14H30N3Si/c1-7-10(4)15-13(16-11(5)8-2)14(18)17-12(6)9-3/h10-12,15-17H,7-9H2,1-6H3. The molecule has 0 rings (SSSR count). The Morgan fingerprint density at radius 2 is 1.11 bits per heavy atom. The molecule has 0 aromatic heterocycles. The van der Waals surface area contributed by atoms with Crippen molar-refractivity contribution in [3.63, 3.8) is 0 Å². The van der Waals surface area contributed by atoms with Gasteiger partial charge in [0.2, 0.25) is 0 Å². The van der Waals surface area contributed by atoms with Crippen LogP contribution in [-0.4, -0.2) is 28.4 Å². The van der Waals surface area contributed by atoms with Crippen molar-refractivity contribution >= 4 is 10.2 Å². The minimum atomic E-state index is 0.460. The summed E-state index contributed by atoms with van der Waals surface area (Å²) in [6.07, 6.45) is 3.32. The van der Waals surface area contributed by atoms with E-state index in [9.17, 15) is 0 Å². The highest BCUT2D eigenvalue weighted by Crippen LogP contribution is 2.02. The molecular weight excluding hydrogens is 238 g/mol. The molecule has 0 bridgehead atoms. The zero-order chi connectivity index (χ0) is 14.1. The van der Waals surface area contributed by atoms with Gasteiger partial charge in [0, 0.05) is 23.4 Å². The van der Waals surface area contributed by atoms with Gasteiger partial charge in [-0.25, -0.2) is 0 Å². The first-order valence-corrected chi connectivity index (χ1v) is 7.69. The van der Waals surface area contributed by atoms with E-state index in [2.05, 4.69) is 67.7 Å². The molecule has 0 aliphatic carbocycles. The molecule has 0 aromatic rings. The number of nitrogens with one attached hydrogen (secondary N) is 3. The zero-order valence-corrected chi connectivity index (χ0v) is 13.9. The second kappa shape index (κ2) is 9.31. The fraction of sp³-hybridized carbons (Fsp3) is 0.857. The van der Waals surface area contributed by atoms with Crippen LogP contribution >= 0.6 is 0 Å². The van der Waals surface area contributed by atoms with Gasteiger partial charge >= 0.3 is 0 Å². The average molecular weight is 269 g/mol. The molecule has 105 valence electrons. The molecule has 3 unspecified atom stereocenters. The first-order chi connectivity index (χ1) is 8.44. The van der Waals surface area contributed by atoms with Crippen molar-refractivity contribution in [1.82, 2.24) is 16.0 Å². The van der Waals surface area contributed by atoms with Crippen LogP contribution in [0.25, 0.3) is 0 Å². The lowest BCUT2D eigenvalue weighted by Crippen LogP contribution is -2.41. The summed E-state index contributed by atoms with van der Waals surface area (Å²) in [4.78, 5) is 0. The lowest BCUT2D eigenvalue weighted by atomic mass is 10.2. The summed E-state index contributed by atoms with van der Waals surface area (Å²) < 4.78 is 0. The summed E-state index contributed by atoms with van der Waals surface area (Å²) in [6, 6.07) is 1.38. The van der Waals surface area contributed by atoms with E-state index in [0.29, 0.717) is 18.1 Å². The number of rotatable bonds is 9. The van der Waals surface area contributed by atoms with Crippen molar-refractivity contribution in [1.29, 1.82) is 0 Å². The highest BCUT2D eigenvalue weighted by molar-refractivity contribution is 6.21. The Kier molecular flexibility index (Phi) is 8.98. The Balaban J connectivity index is 4.74. The summed E-state index contributed by atoms with van der Waals surface area (Å²) in [5.41, 5.74) is 0. The topological polar surface area (TPSA) is 36.1 Å². The van der Waals surface area contributed by atoms with Gasteiger partial charge in [0.1, 0.15) is 16.1 Å². The molecule has 0 aromatic carbocycles. The summed E-state index contributed by atoms with van der Waals surface area (Å²) in [5.74, 6) is 1.07. The molecule has 0 aliphatic heterocycles. The first kappa shape index (κ1) is 17.4. The van der Waals surface area contributed by atoms with Crippen LogP contribution in [0, 0.1) is 0 Å². The van der Waals surface area contributed by atoms with Crippen molar-refractivity contribution in [2.75, 3.05) is 0 Å². The Labute approximate surface area is 117 Å². The van der Waals surface area contributed by atoms with Crippen molar-refractivity contribution in [2.45, 2.75) is 78.9 Å². The Morgan fingerprint density at radius 3 is 1.44 bits per heavy atom. The van der Waals surface area contributed by atoms with Crippen LogP contribution < -0.4 is 16.0 Å². The molecule has 3 N–H and O–H groups in total. The quantitative estimate of drug-likeness (QED) is 0.562. The summed E-state index contributed by atoms with van der Waals surface area (Å²) in [5, 5.41) is 11.5. The first-order valence-electron chi connectivity index (χ1n) is 7.19. The third-order valence-electron chi connectivity index (χ3n) is 3.26. The van der Waals surface area contributed by atoms with E-state index < -0.39 is 0 Å². The molecule has 18 heavy (non-hydrogen) atoms. The highest BCUT2D eigenvalue weighted by Gasteiger charge is 2.09. The summed E-state index contributed by atoms with van der Waals surface area (Å²) in [7, 11) is 3.70. The minimum absolute atomic E-state index is 0.460. The van der Waals surface area contributed by atoms with Gasteiger partial charge in [-0.05, 0) is 40.0 Å². The molecule has 0 spiro atoms. The highest BCUT2D eigenvalue weighted by atomic mass is 28.1. The second-order valence-corrected chi connectivity index (χ2v) is 5.61. The molecule has 0 saturated heterocycles. The molecule has 0 aliphatic rings. The maximum absolute atomic E-state index is 3.70. The zero-order valence-electron chi connectivity index (χ0n) is 12.9. The van der Waals surface area contributed by atoms with Gasteiger partial charge in [0.15, 0.2) is 0 Å². The van der Waals surface area contributed by atoms with Gasteiger partial charge in [-0.3, -0.25) is 0 Å². The molecule has 4 heteroatoms. The lowest BCUT2D eigenvalue weighted by Gasteiger charge is -2.25. The van der Waals surface area contributed by atoms with E-state index in [4.69, 9.17) is 0 Å². The van der Waals surface area contributed by atoms with Crippen molar-refractivity contribution in [2.24, 2.45) is 0 Å². The third-order valence-corrected chi connectivity index (χ3v) is 3.65. The third kappa shape index (κ3) is 6.94. The maximum atomic E-state index is 3.70. The molecular formula is C14H30N3Si. The molecule has 0 amide bonds. The predicted octanol–water partition coefficient (Wildman–Crippen LogP) is 2.45. The Morgan fingerprint density at radius 1 is 0.778 bits per heavy atom. The van der Waals surface area contributed by atoms with Gasteiger partial charge in [0.05, 0.1) is 0 Å². The summed E-state index contributed by atoms with van der Waals surface area (Å²) in [6.45, 7) is 13.1. The van der Waals surface area contributed by atoms with E-state index >= 15 is 0 Å². The van der Waals surface area contributed by atoms with Gasteiger partial charge in [-0.1, -0.05) is 20.8 Å². The fourth-order valence-electron chi connectivity index (χ4n) is 1.30. The van der Waals surface area contributed by atoms with Crippen LogP contribution in [0.1, 0.15) is 60.8 Å². The van der Waals surface area contributed by atoms with Crippen LogP contribution in [0.2, 0.25) is 0 Å². The van der Waals surface area contributed by atoms with Crippen LogP contribution in [0.5, 0.6) is 0 Å². The lowest BCUT2D eigenvalue weighted by molar-refractivity contribution is 0.497. The molecule has 0 saturated carbocycles. The maximum Gasteiger partial charge on any atom is 0.113 e. The minimum Gasteiger partial charge on any atom is -0.387 e. The van der Waals surface area contributed by atoms with Crippen molar-refractivity contribution < 1.29 is 0 Å². The fourth-order valence-corrected chi connectivity index (χ4v) is 1.69. The molecule has 0 fully saturated rings. The monoisotopic (exact) mass is 268 g/mol. The normalized spacial score (nSPS) is 15.5. The Bertz CT molecular complexity index is 239. The van der Waals surface area contributed by atoms with Crippen LogP contribution in [0.15, 0.2) is 11.1 Å². The number of hydrogen-bond acceptors (Lipinski definition) is 3. The Hall–Kier alpha value is -0.643.